The largest absolute Gasteiger partial charge is 0.326 e. The summed E-state index contributed by atoms with van der Waals surface area (Å²) in [5.41, 5.74) is 2.02. The standard InChI is InChI=1S/C19H18N4O2S/c1-13-16(18(25)23(22(13)2)15-11-7-4-8-12-15)20-19(26)21-17(24)14-9-5-3-6-10-14/h3-12H,1-2H3,(H2,20,21,24,26). The lowest BCUT2D eigenvalue weighted by atomic mass is 10.2. The van der Waals surface area contributed by atoms with Gasteiger partial charge in [-0.15, -0.1) is 0 Å². The predicted octanol–water partition coefficient (Wildman–Crippen LogP) is 2.61. The van der Waals surface area contributed by atoms with E-state index in [1.54, 1.807) is 40.7 Å². The highest BCUT2D eigenvalue weighted by Gasteiger charge is 2.17. The second-order valence-corrected chi connectivity index (χ2v) is 6.12. The fourth-order valence-corrected chi connectivity index (χ4v) is 2.82. The Kier molecular flexibility index (Phi) is 4.99. The van der Waals surface area contributed by atoms with E-state index in [4.69, 9.17) is 12.2 Å². The minimum atomic E-state index is -0.333. The van der Waals surface area contributed by atoms with Gasteiger partial charge >= 0.3 is 0 Å². The molecule has 0 unspecified atom stereocenters. The summed E-state index contributed by atoms with van der Waals surface area (Å²) < 4.78 is 3.28. The Bertz CT molecular complexity index is 1010. The Morgan fingerprint density at radius 1 is 1.00 bits per heavy atom. The lowest BCUT2D eigenvalue weighted by Gasteiger charge is -2.08. The van der Waals surface area contributed by atoms with Crippen molar-refractivity contribution in [3.8, 4) is 5.69 Å². The molecule has 0 aliphatic carbocycles. The van der Waals surface area contributed by atoms with Gasteiger partial charge in [-0.05, 0) is 43.4 Å². The lowest BCUT2D eigenvalue weighted by molar-refractivity contribution is 0.0977. The highest BCUT2D eigenvalue weighted by molar-refractivity contribution is 7.80. The Labute approximate surface area is 156 Å². The molecule has 0 spiro atoms. The normalized spacial score (nSPS) is 10.4. The van der Waals surface area contributed by atoms with Crippen molar-refractivity contribution in [3.05, 3.63) is 82.3 Å². The molecule has 1 heterocycles. The average molecular weight is 366 g/mol. The van der Waals surface area contributed by atoms with Crippen molar-refractivity contribution in [2.24, 2.45) is 7.05 Å². The lowest BCUT2D eigenvalue weighted by Crippen LogP contribution is -2.35. The number of para-hydroxylation sites is 1. The van der Waals surface area contributed by atoms with Gasteiger partial charge in [-0.1, -0.05) is 36.4 Å². The second kappa shape index (κ2) is 7.37. The van der Waals surface area contributed by atoms with Gasteiger partial charge in [0.25, 0.3) is 11.5 Å². The van der Waals surface area contributed by atoms with Gasteiger partial charge in [0, 0.05) is 12.6 Å². The van der Waals surface area contributed by atoms with Crippen LogP contribution in [0.4, 0.5) is 5.69 Å². The van der Waals surface area contributed by atoms with E-state index < -0.39 is 0 Å². The Morgan fingerprint density at radius 2 is 1.58 bits per heavy atom. The number of rotatable bonds is 3. The molecule has 26 heavy (non-hydrogen) atoms. The molecule has 3 rings (SSSR count). The third-order valence-corrected chi connectivity index (χ3v) is 4.26. The number of nitrogens with zero attached hydrogens (tertiary/aromatic N) is 2. The van der Waals surface area contributed by atoms with Crippen molar-refractivity contribution in [2.45, 2.75) is 6.92 Å². The number of aromatic nitrogens is 2. The third-order valence-electron chi connectivity index (χ3n) is 4.06. The van der Waals surface area contributed by atoms with Gasteiger partial charge in [-0.25, -0.2) is 4.68 Å². The van der Waals surface area contributed by atoms with Crippen LogP contribution in [0, 0.1) is 6.92 Å². The molecule has 1 aromatic heterocycles. The number of amides is 1. The zero-order valence-corrected chi connectivity index (χ0v) is 15.2. The minimum Gasteiger partial charge on any atom is -0.326 e. The van der Waals surface area contributed by atoms with Gasteiger partial charge in [0.2, 0.25) is 0 Å². The van der Waals surface area contributed by atoms with Crippen molar-refractivity contribution >= 4 is 28.9 Å². The van der Waals surface area contributed by atoms with Crippen LogP contribution in [0.25, 0.3) is 5.69 Å². The van der Waals surface area contributed by atoms with Crippen LogP contribution in [-0.4, -0.2) is 20.4 Å². The monoisotopic (exact) mass is 366 g/mol. The molecule has 0 bridgehead atoms. The molecule has 0 aliphatic rings. The number of benzene rings is 2. The molecule has 0 saturated heterocycles. The first-order chi connectivity index (χ1) is 12.5. The first-order valence-electron chi connectivity index (χ1n) is 8.00. The van der Waals surface area contributed by atoms with Crippen LogP contribution in [0.3, 0.4) is 0 Å². The van der Waals surface area contributed by atoms with Crippen LogP contribution in [0.1, 0.15) is 16.1 Å². The van der Waals surface area contributed by atoms with Crippen molar-refractivity contribution in [1.29, 1.82) is 0 Å². The van der Waals surface area contributed by atoms with Crippen molar-refractivity contribution in [3.63, 3.8) is 0 Å². The highest BCUT2D eigenvalue weighted by atomic mass is 32.1. The first kappa shape index (κ1) is 17.6. The summed E-state index contributed by atoms with van der Waals surface area (Å²) in [5, 5.41) is 5.52. The third kappa shape index (κ3) is 3.43. The molecule has 2 N–H and O–H groups in total. The zero-order valence-electron chi connectivity index (χ0n) is 14.4. The predicted molar refractivity (Wildman–Crippen MR) is 106 cm³/mol. The Hall–Kier alpha value is -3.19. The fourth-order valence-electron chi connectivity index (χ4n) is 2.62. The minimum absolute atomic E-state index is 0.0739. The molecule has 132 valence electrons. The quantitative estimate of drug-likeness (QED) is 0.699. The summed E-state index contributed by atoms with van der Waals surface area (Å²) in [7, 11) is 1.79. The molecule has 2 aromatic carbocycles. The number of nitrogens with one attached hydrogen (secondary N) is 2. The SMILES string of the molecule is Cc1c(NC(=S)NC(=O)c2ccccc2)c(=O)n(-c2ccccc2)n1C. The number of carbonyl (C=O) groups excluding carboxylic acids is 1. The van der Waals surface area contributed by atoms with Crippen LogP contribution in [0.2, 0.25) is 0 Å². The van der Waals surface area contributed by atoms with Crippen LogP contribution in [-0.2, 0) is 7.05 Å². The molecule has 0 atom stereocenters. The number of hydrogen-bond donors (Lipinski definition) is 2. The molecular formula is C19H18N4O2S. The molecule has 0 saturated carbocycles. The maximum atomic E-state index is 12.8. The van der Waals surface area contributed by atoms with Crippen molar-refractivity contribution in [1.82, 2.24) is 14.7 Å². The van der Waals surface area contributed by atoms with E-state index in [0.717, 1.165) is 5.69 Å². The fraction of sp³-hybridized carbons (Fsp3) is 0.105. The summed E-state index contributed by atoms with van der Waals surface area (Å²) >= 11 is 5.20. The molecule has 7 heteroatoms. The summed E-state index contributed by atoms with van der Waals surface area (Å²) in [5.74, 6) is -0.333. The van der Waals surface area contributed by atoms with Gasteiger partial charge in [-0.3, -0.25) is 19.6 Å². The number of carbonyl (C=O) groups is 1. The van der Waals surface area contributed by atoms with E-state index in [9.17, 15) is 9.59 Å². The average Bonchev–Trinajstić information content (AvgIpc) is 2.86. The summed E-state index contributed by atoms with van der Waals surface area (Å²) in [6.45, 7) is 1.81. The van der Waals surface area contributed by atoms with E-state index in [2.05, 4.69) is 10.6 Å². The summed E-state index contributed by atoms with van der Waals surface area (Å²) in [6.07, 6.45) is 0. The first-order valence-corrected chi connectivity index (χ1v) is 8.41. The molecule has 1 amide bonds. The number of anilines is 1. The van der Waals surface area contributed by atoms with Gasteiger partial charge < -0.3 is 5.32 Å². The van der Waals surface area contributed by atoms with Gasteiger partial charge in [-0.2, -0.15) is 0 Å². The van der Waals surface area contributed by atoms with Crippen LogP contribution in [0.5, 0.6) is 0 Å². The van der Waals surface area contributed by atoms with E-state index in [1.165, 1.54) is 0 Å². The molecule has 0 aliphatic heterocycles. The molecular weight excluding hydrogens is 348 g/mol. The molecule has 0 fully saturated rings. The van der Waals surface area contributed by atoms with Gasteiger partial charge in [0.05, 0.1) is 11.4 Å². The van der Waals surface area contributed by atoms with E-state index in [-0.39, 0.29) is 16.6 Å². The van der Waals surface area contributed by atoms with Gasteiger partial charge in [0.1, 0.15) is 5.69 Å². The van der Waals surface area contributed by atoms with E-state index in [1.807, 2.05) is 43.3 Å². The zero-order chi connectivity index (χ0) is 18.7. The van der Waals surface area contributed by atoms with Crippen LogP contribution >= 0.6 is 12.2 Å². The van der Waals surface area contributed by atoms with Gasteiger partial charge in [0.15, 0.2) is 5.11 Å². The Balaban J connectivity index is 1.83. The molecule has 6 nitrogen and oxygen atoms in total. The van der Waals surface area contributed by atoms with Crippen LogP contribution < -0.4 is 16.2 Å². The second-order valence-electron chi connectivity index (χ2n) is 5.71. The van der Waals surface area contributed by atoms with E-state index >= 15 is 0 Å². The summed E-state index contributed by atoms with van der Waals surface area (Å²) in [4.78, 5) is 25.0. The topological polar surface area (TPSA) is 68.1 Å². The Morgan fingerprint density at radius 3 is 2.19 bits per heavy atom. The highest BCUT2D eigenvalue weighted by Crippen LogP contribution is 2.13. The maximum Gasteiger partial charge on any atom is 0.295 e. The number of hydrogen-bond acceptors (Lipinski definition) is 3. The van der Waals surface area contributed by atoms with Crippen LogP contribution in [0.15, 0.2) is 65.5 Å². The molecule has 0 radical (unpaired) electrons. The summed E-state index contributed by atoms with van der Waals surface area (Å²) in [6, 6.07) is 18.0. The maximum absolute atomic E-state index is 12.8. The van der Waals surface area contributed by atoms with E-state index in [0.29, 0.717) is 16.9 Å². The smallest absolute Gasteiger partial charge is 0.295 e. The molecule has 3 aromatic rings. The van der Waals surface area contributed by atoms with Crippen molar-refractivity contribution in [2.75, 3.05) is 5.32 Å². The number of thiocarbonyl (C=S) groups is 1. The van der Waals surface area contributed by atoms with Crippen molar-refractivity contribution < 1.29 is 4.79 Å².